The van der Waals surface area contributed by atoms with Crippen molar-refractivity contribution in [2.24, 2.45) is 23.0 Å². The van der Waals surface area contributed by atoms with Crippen LogP contribution in [0.25, 0.3) is 0 Å². The molecule has 6 heteroatoms. The van der Waals surface area contributed by atoms with Crippen molar-refractivity contribution in [1.82, 2.24) is 4.90 Å². The van der Waals surface area contributed by atoms with Crippen LogP contribution in [-0.2, 0) is 4.79 Å². The molecule has 0 saturated heterocycles. The van der Waals surface area contributed by atoms with E-state index >= 15 is 0 Å². The number of fused-ring (bicyclic) bond motifs is 1. The fourth-order valence-electron chi connectivity index (χ4n) is 3.68. The van der Waals surface area contributed by atoms with Gasteiger partial charge in [-0.1, -0.05) is 19.4 Å². The first-order chi connectivity index (χ1) is 11.0. The number of amides is 1. The molecular formula is C17H19N5O. The van der Waals surface area contributed by atoms with Crippen molar-refractivity contribution in [1.29, 1.82) is 15.8 Å². The van der Waals surface area contributed by atoms with E-state index < -0.39 is 5.41 Å². The summed E-state index contributed by atoms with van der Waals surface area (Å²) in [7, 11) is 0. The lowest BCUT2D eigenvalue weighted by molar-refractivity contribution is -0.129. The standard InChI is InChI=1S/C17H19N5O/c1-3-4-15-14-8-22(11(2)23)6-5-12(14)13(7-18)16(21)17(15,9-19)10-20/h5,14-15H,3-4,6,8,21H2,1-2H3/t14-,15-/m0/s1. The number of carbonyl (C=O) groups excluding carboxylic acids is 1. The quantitative estimate of drug-likeness (QED) is 0.831. The second-order valence-corrected chi connectivity index (χ2v) is 6.02. The zero-order valence-corrected chi connectivity index (χ0v) is 13.3. The molecule has 1 amide bonds. The van der Waals surface area contributed by atoms with Crippen LogP contribution in [0, 0.1) is 51.2 Å². The van der Waals surface area contributed by atoms with E-state index in [0.717, 1.165) is 12.0 Å². The summed E-state index contributed by atoms with van der Waals surface area (Å²) in [6.07, 6.45) is 3.26. The average molecular weight is 309 g/mol. The number of rotatable bonds is 2. The predicted octanol–water partition coefficient (Wildman–Crippen LogP) is 1.59. The Hall–Kier alpha value is -2.78. The number of allylic oxidation sites excluding steroid dienone is 2. The van der Waals surface area contributed by atoms with Crippen molar-refractivity contribution in [2.75, 3.05) is 13.1 Å². The zero-order chi connectivity index (χ0) is 17.2. The van der Waals surface area contributed by atoms with Gasteiger partial charge in [0.1, 0.15) is 6.07 Å². The molecule has 23 heavy (non-hydrogen) atoms. The zero-order valence-electron chi connectivity index (χ0n) is 13.3. The monoisotopic (exact) mass is 309 g/mol. The van der Waals surface area contributed by atoms with Gasteiger partial charge in [0, 0.05) is 31.8 Å². The molecule has 1 aliphatic heterocycles. The highest BCUT2D eigenvalue weighted by atomic mass is 16.2. The minimum atomic E-state index is -1.51. The van der Waals surface area contributed by atoms with Gasteiger partial charge in [-0.3, -0.25) is 4.79 Å². The Morgan fingerprint density at radius 3 is 2.57 bits per heavy atom. The first kappa shape index (κ1) is 16.6. The molecule has 0 aromatic rings. The Kier molecular flexibility index (Phi) is 4.43. The molecule has 0 bridgehead atoms. The van der Waals surface area contributed by atoms with Gasteiger partial charge in [0.25, 0.3) is 0 Å². The van der Waals surface area contributed by atoms with Gasteiger partial charge in [0.15, 0.2) is 5.41 Å². The molecule has 1 aliphatic carbocycles. The maximum absolute atomic E-state index is 11.7. The summed E-state index contributed by atoms with van der Waals surface area (Å²) in [5.41, 5.74) is 5.66. The molecule has 2 aliphatic rings. The molecular weight excluding hydrogens is 290 g/mol. The van der Waals surface area contributed by atoms with Crippen LogP contribution in [0.3, 0.4) is 0 Å². The number of hydrogen-bond acceptors (Lipinski definition) is 5. The summed E-state index contributed by atoms with van der Waals surface area (Å²) in [6.45, 7) is 4.31. The topological polar surface area (TPSA) is 118 Å². The molecule has 0 radical (unpaired) electrons. The second kappa shape index (κ2) is 6.15. The molecule has 0 fully saturated rings. The molecule has 0 aromatic carbocycles. The lowest BCUT2D eigenvalue weighted by Crippen LogP contribution is -2.50. The van der Waals surface area contributed by atoms with Crippen LogP contribution >= 0.6 is 0 Å². The molecule has 6 nitrogen and oxygen atoms in total. The molecule has 2 atom stereocenters. The first-order valence-corrected chi connectivity index (χ1v) is 7.65. The van der Waals surface area contributed by atoms with Crippen molar-refractivity contribution in [2.45, 2.75) is 26.7 Å². The van der Waals surface area contributed by atoms with Crippen LogP contribution < -0.4 is 5.73 Å². The highest BCUT2D eigenvalue weighted by molar-refractivity contribution is 5.74. The summed E-state index contributed by atoms with van der Waals surface area (Å²) < 4.78 is 0. The highest BCUT2D eigenvalue weighted by Gasteiger charge is 2.53. The van der Waals surface area contributed by atoms with Crippen molar-refractivity contribution < 1.29 is 4.79 Å². The number of nitrogens with zero attached hydrogens (tertiary/aromatic N) is 4. The Labute approximate surface area is 136 Å². The van der Waals surface area contributed by atoms with Gasteiger partial charge in [0.2, 0.25) is 5.91 Å². The smallest absolute Gasteiger partial charge is 0.219 e. The highest BCUT2D eigenvalue weighted by Crippen LogP contribution is 2.50. The van der Waals surface area contributed by atoms with Gasteiger partial charge in [-0.2, -0.15) is 15.8 Å². The van der Waals surface area contributed by atoms with E-state index in [1.807, 2.05) is 13.0 Å². The minimum Gasteiger partial charge on any atom is -0.399 e. The Bertz CT molecular complexity index is 699. The summed E-state index contributed by atoms with van der Waals surface area (Å²) in [5, 5.41) is 28.9. The van der Waals surface area contributed by atoms with E-state index in [1.165, 1.54) is 6.92 Å². The fourth-order valence-corrected chi connectivity index (χ4v) is 3.68. The van der Waals surface area contributed by atoms with Crippen molar-refractivity contribution >= 4 is 5.91 Å². The van der Waals surface area contributed by atoms with Gasteiger partial charge < -0.3 is 10.6 Å². The van der Waals surface area contributed by atoms with Crippen LogP contribution in [-0.4, -0.2) is 23.9 Å². The van der Waals surface area contributed by atoms with Crippen LogP contribution in [0.5, 0.6) is 0 Å². The van der Waals surface area contributed by atoms with Crippen LogP contribution in [0.4, 0.5) is 0 Å². The third-order valence-electron chi connectivity index (χ3n) is 4.88. The van der Waals surface area contributed by atoms with Gasteiger partial charge in [0.05, 0.1) is 23.4 Å². The molecule has 0 spiro atoms. The normalized spacial score (nSPS) is 25.5. The van der Waals surface area contributed by atoms with Crippen LogP contribution in [0.2, 0.25) is 0 Å². The maximum Gasteiger partial charge on any atom is 0.219 e. The first-order valence-electron chi connectivity index (χ1n) is 7.65. The van der Waals surface area contributed by atoms with Gasteiger partial charge >= 0.3 is 0 Å². The van der Waals surface area contributed by atoms with Gasteiger partial charge in [-0.05, 0) is 12.0 Å². The lowest BCUT2D eigenvalue weighted by Gasteiger charge is -2.45. The van der Waals surface area contributed by atoms with Crippen LogP contribution in [0.15, 0.2) is 22.9 Å². The average Bonchev–Trinajstić information content (AvgIpc) is 2.56. The second-order valence-electron chi connectivity index (χ2n) is 6.02. The molecule has 1 heterocycles. The molecule has 2 N–H and O–H groups in total. The molecule has 2 rings (SSSR count). The SMILES string of the molecule is CCC[C@H]1[C@H]2CN(C(C)=O)CC=C2C(C#N)=C(N)C1(C#N)C#N. The van der Waals surface area contributed by atoms with E-state index in [0.29, 0.717) is 19.5 Å². The third-order valence-corrected chi connectivity index (χ3v) is 4.88. The summed E-state index contributed by atoms with van der Waals surface area (Å²) in [6, 6.07) is 6.20. The van der Waals surface area contributed by atoms with Gasteiger partial charge in [-0.25, -0.2) is 0 Å². The van der Waals surface area contributed by atoms with E-state index in [4.69, 9.17) is 5.73 Å². The summed E-state index contributed by atoms with van der Waals surface area (Å²) in [5.74, 6) is -0.599. The van der Waals surface area contributed by atoms with Crippen molar-refractivity contribution in [3.05, 3.63) is 22.9 Å². The molecule has 118 valence electrons. The summed E-state index contributed by atoms with van der Waals surface area (Å²) >= 11 is 0. The third kappa shape index (κ3) is 2.35. The number of nitriles is 3. The van der Waals surface area contributed by atoms with E-state index in [-0.39, 0.29) is 29.0 Å². The molecule has 0 aromatic heterocycles. The number of carbonyl (C=O) groups is 1. The van der Waals surface area contributed by atoms with Crippen LogP contribution in [0.1, 0.15) is 26.7 Å². The molecule has 0 saturated carbocycles. The predicted molar refractivity (Wildman–Crippen MR) is 82.7 cm³/mol. The minimum absolute atomic E-state index is 0.0576. The van der Waals surface area contributed by atoms with Crippen molar-refractivity contribution in [3.63, 3.8) is 0 Å². The maximum atomic E-state index is 11.7. The Morgan fingerprint density at radius 1 is 1.43 bits per heavy atom. The number of nitrogens with two attached hydrogens (primary N) is 1. The summed E-state index contributed by atoms with van der Waals surface area (Å²) in [4.78, 5) is 13.4. The van der Waals surface area contributed by atoms with E-state index in [2.05, 4.69) is 18.2 Å². The molecule has 0 unspecified atom stereocenters. The van der Waals surface area contributed by atoms with E-state index in [9.17, 15) is 20.6 Å². The van der Waals surface area contributed by atoms with E-state index in [1.54, 1.807) is 4.90 Å². The lowest BCUT2D eigenvalue weighted by atomic mass is 9.59. The Balaban J connectivity index is 2.68. The van der Waals surface area contributed by atoms with Gasteiger partial charge in [-0.15, -0.1) is 0 Å². The van der Waals surface area contributed by atoms with Crippen molar-refractivity contribution in [3.8, 4) is 18.2 Å². The fraction of sp³-hybridized carbons (Fsp3) is 0.529. The largest absolute Gasteiger partial charge is 0.399 e. The Morgan fingerprint density at radius 2 is 2.09 bits per heavy atom. The number of hydrogen-bond donors (Lipinski definition) is 1.